The normalized spacial score (nSPS) is 12.6. The number of aromatic amines is 1. The van der Waals surface area contributed by atoms with Crippen molar-refractivity contribution in [2.45, 2.75) is 18.6 Å². The monoisotopic (exact) mass is 425 g/mol. The molecule has 0 aliphatic heterocycles. The number of hydrogen-bond donors (Lipinski definition) is 2. The molecule has 0 saturated heterocycles. The Bertz CT molecular complexity index is 1200. The highest BCUT2D eigenvalue weighted by Gasteiger charge is 2.30. The predicted molar refractivity (Wildman–Crippen MR) is 110 cm³/mol. The van der Waals surface area contributed by atoms with E-state index in [0.717, 1.165) is 17.5 Å². The Hall–Kier alpha value is -3.65. The number of Topliss-reactive ketones (excluding diaryl/α,β-unsaturated/α-hetero) is 1. The second-order valence-corrected chi connectivity index (χ2v) is 7.04. The van der Waals surface area contributed by atoms with E-state index in [0.29, 0.717) is 28.3 Å². The van der Waals surface area contributed by atoms with Crippen LogP contribution in [0.3, 0.4) is 0 Å². The van der Waals surface area contributed by atoms with Crippen LogP contribution in [-0.2, 0) is 17.4 Å². The van der Waals surface area contributed by atoms with Gasteiger partial charge in [0.2, 0.25) is 0 Å². The van der Waals surface area contributed by atoms with Gasteiger partial charge in [0.1, 0.15) is 17.1 Å². The summed E-state index contributed by atoms with van der Waals surface area (Å²) in [4.78, 5) is 19.7. The first-order chi connectivity index (χ1) is 14.8. The third-order valence-electron chi connectivity index (χ3n) is 4.89. The van der Waals surface area contributed by atoms with Crippen molar-refractivity contribution in [1.82, 2.24) is 9.97 Å². The first-order valence-corrected chi connectivity index (χ1v) is 9.45. The summed E-state index contributed by atoms with van der Waals surface area (Å²) >= 11 is 0. The SMILES string of the molecule is NC(C(=O)Cc1ccc(C(F)(F)F)cc1)c1ccc(Oc2ccnc3[nH]ccc23)cc1. The maximum absolute atomic E-state index is 12.7. The Kier molecular flexibility index (Phi) is 5.48. The highest BCUT2D eigenvalue weighted by Crippen LogP contribution is 2.30. The van der Waals surface area contributed by atoms with Crippen molar-refractivity contribution in [3.63, 3.8) is 0 Å². The van der Waals surface area contributed by atoms with Crippen molar-refractivity contribution in [3.05, 3.63) is 89.7 Å². The van der Waals surface area contributed by atoms with E-state index in [1.807, 2.05) is 6.07 Å². The van der Waals surface area contributed by atoms with Crippen LogP contribution in [0.25, 0.3) is 11.0 Å². The molecule has 31 heavy (non-hydrogen) atoms. The maximum atomic E-state index is 12.7. The number of benzene rings is 2. The summed E-state index contributed by atoms with van der Waals surface area (Å²) in [6.07, 6.45) is -1.06. The van der Waals surface area contributed by atoms with Gasteiger partial charge in [-0.3, -0.25) is 4.79 Å². The largest absolute Gasteiger partial charge is 0.457 e. The van der Waals surface area contributed by atoms with E-state index in [1.165, 1.54) is 12.1 Å². The number of alkyl halides is 3. The quantitative estimate of drug-likeness (QED) is 0.446. The van der Waals surface area contributed by atoms with Crippen LogP contribution in [0.1, 0.15) is 22.7 Å². The fraction of sp³-hybridized carbons (Fsp3) is 0.130. The smallest absolute Gasteiger partial charge is 0.416 e. The van der Waals surface area contributed by atoms with Crippen molar-refractivity contribution >= 4 is 16.8 Å². The summed E-state index contributed by atoms with van der Waals surface area (Å²) in [5, 5.41) is 0.843. The summed E-state index contributed by atoms with van der Waals surface area (Å²) in [5.41, 5.74) is 7.09. The minimum absolute atomic E-state index is 0.0555. The number of aromatic nitrogens is 2. The molecular formula is C23H18F3N3O2. The van der Waals surface area contributed by atoms with Crippen molar-refractivity contribution < 1.29 is 22.7 Å². The van der Waals surface area contributed by atoms with Crippen molar-refractivity contribution in [2.24, 2.45) is 5.73 Å². The predicted octanol–water partition coefficient (Wildman–Crippen LogP) is 5.19. The molecule has 3 N–H and O–H groups in total. The van der Waals surface area contributed by atoms with Crippen LogP contribution in [0.4, 0.5) is 13.2 Å². The minimum Gasteiger partial charge on any atom is -0.457 e. The third kappa shape index (κ3) is 4.59. The number of rotatable bonds is 6. The second-order valence-electron chi connectivity index (χ2n) is 7.04. The van der Waals surface area contributed by atoms with Crippen LogP contribution in [0, 0.1) is 0 Å². The lowest BCUT2D eigenvalue weighted by Crippen LogP contribution is -2.23. The topological polar surface area (TPSA) is 81.0 Å². The number of H-pyrrole nitrogens is 1. The van der Waals surface area contributed by atoms with E-state index in [1.54, 1.807) is 42.7 Å². The molecule has 1 unspecified atom stereocenters. The molecule has 5 nitrogen and oxygen atoms in total. The fourth-order valence-corrected chi connectivity index (χ4v) is 3.20. The molecule has 0 bridgehead atoms. The Morgan fingerprint density at radius 2 is 1.74 bits per heavy atom. The first kappa shape index (κ1) is 20.6. The molecule has 2 aromatic heterocycles. The first-order valence-electron chi connectivity index (χ1n) is 9.45. The van der Waals surface area contributed by atoms with Crippen LogP contribution in [0.5, 0.6) is 11.5 Å². The minimum atomic E-state index is -4.41. The van der Waals surface area contributed by atoms with Crippen LogP contribution in [0.2, 0.25) is 0 Å². The van der Waals surface area contributed by atoms with E-state index in [-0.39, 0.29) is 12.2 Å². The van der Waals surface area contributed by atoms with E-state index < -0.39 is 17.8 Å². The number of nitrogens with one attached hydrogen (secondary N) is 1. The molecule has 4 aromatic rings. The molecule has 0 saturated carbocycles. The molecule has 8 heteroatoms. The lowest BCUT2D eigenvalue weighted by Gasteiger charge is -2.13. The van der Waals surface area contributed by atoms with Gasteiger partial charge in [0.25, 0.3) is 0 Å². The lowest BCUT2D eigenvalue weighted by atomic mass is 9.98. The standard InChI is InChI=1S/C23H18F3N3O2/c24-23(25,26)16-5-1-14(2-6-16)13-19(30)21(27)15-3-7-17(8-4-15)31-20-10-12-29-22-18(20)9-11-28-22/h1-12,21H,13,27H2,(H,28,29). The van der Waals surface area contributed by atoms with Crippen LogP contribution in [0.15, 0.2) is 73.1 Å². The maximum Gasteiger partial charge on any atom is 0.416 e. The van der Waals surface area contributed by atoms with Crippen molar-refractivity contribution in [2.75, 3.05) is 0 Å². The van der Waals surface area contributed by atoms with E-state index in [9.17, 15) is 18.0 Å². The summed E-state index contributed by atoms with van der Waals surface area (Å²) in [6, 6.07) is 14.0. The van der Waals surface area contributed by atoms with Gasteiger partial charge in [-0.25, -0.2) is 4.98 Å². The molecular weight excluding hydrogens is 407 g/mol. The highest BCUT2D eigenvalue weighted by atomic mass is 19.4. The number of fused-ring (bicyclic) bond motifs is 1. The number of ketones is 1. The van der Waals surface area contributed by atoms with Crippen LogP contribution < -0.4 is 10.5 Å². The van der Waals surface area contributed by atoms with Gasteiger partial charge in [-0.2, -0.15) is 13.2 Å². The van der Waals surface area contributed by atoms with Gasteiger partial charge in [-0.05, 0) is 47.5 Å². The van der Waals surface area contributed by atoms with Gasteiger partial charge < -0.3 is 15.5 Å². The van der Waals surface area contributed by atoms with Gasteiger partial charge in [-0.1, -0.05) is 24.3 Å². The lowest BCUT2D eigenvalue weighted by molar-refractivity contribution is -0.137. The molecule has 0 aliphatic carbocycles. The van der Waals surface area contributed by atoms with Gasteiger partial charge in [-0.15, -0.1) is 0 Å². The van der Waals surface area contributed by atoms with Crippen molar-refractivity contribution in [1.29, 1.82) is 0 Å². The Balaban J connectivity index is 1.42. The van der Waals surface area contributed by atoms with E-state index in [2.05, 4.69) is 9.97 Å². The number of hydrogen-bond acceptors (Lipinski definition) is 4. The molecule has 158 valence electrons. The number of carbonyl (C=O) groups is 1. The zero-order valence-electron chi connectivity index (χ0n) is 16.2. The summed E-state index contributed by atoms with van der Waals surface area (Å²) in [7, 11) is 0. The fourth-order valence-electron chi connectivity index (χ4n) is 3.20. The Morgan fingerprint density at radius 1 is 1.03 bits per heavy atom. The summed E-state index contributed by atoms with van der Waals surface area (Å²) in [6.45, 7) is 0. The number of carbonyl (C=O) groups excluding carboxylic acids is 1. The molecule has 2 heterocycles. The highest BCUT2D eigenvalue weighted by molar-refractivity contribution is 5.87. The number of halogens is 3. The molecule has 0 radical (unpaired) electrons. The third-order valence-corrected chi connectivity index (χ3v) is 4.89. The molecule has 1 atom stereocenters. The number of pyridine rings is 1. The molecule has 4 rings (SSSR count). The number of nitrogens with two attached hydrogens (primary N) is 1. The summed E-state index contributed by atoms with van der Waals surface area (Å²) in [5.74, 6) is 0.915. The molecule has 0 aliphatic rings. The Labute approximate surface area is 175 Å². The average molecular weight is 425 g/mol. The zero-order valence-corrected chi connectivity index (χ0v) is 16.2. The van der Waals surface area contributed by atoms with Gasteiger partial charge >= 0.3 is 6.18 Å². The molecule has 0 spiro atoms. The van der Waals surface area contributed by atoms with Gasteiger partial charge in [0, 0.05) is 18.8 Å². The molecule has 2 aromatic carbocycles. The molecule has 0 amide bonds. The van der Waals surface area contributed by atoms with Crippen LogP contribution in [-0.4, -0.2) is 15.8 Å². The van der Waals surface area contributed by atoms with Gasteiger partial charge in [0.05, 0.1) is 17.0 Å². The van der Waals surface area contributed by atoms with Gasteiger partial charge in [0.15, 0.2) is 5.78 Å². The van der Waals surface area contributed by atoms with Crippen molar-refractivity contribution in [3.8, 4) is 11.5 Å². The zero-order chi connectivity index (χ0) is 22.0. The van der Waals surface area contributed by atoms with Crippen LogP contribution >= 0.6 is 0 Å². The average Bonchev–Trinajstić information content (AvgIpc) is 3.23. The summed E-state index contributed by atoms with van der Waals surface area (Å²) < 4.78 is 43.9. The Morgan fingerprint density at radius 3 is 2.42 bits per heavy atom. The number of ether oxygens (including phenoxy) is 1. The second kappa shape index (κ2) is 8.23. The van der Waals surface area contributed by atoms with E-state index in [4.69, 9.17) is 10.5 Å². The molecule has 0 fully saturated rings. The number of nitrogens with zero attached hydrogens (tertiary/aromatic N) is 1. The van der Waals surface area contributed by atoms with E-state index >= 15 is 0 Å².